The fourth-order valence-corrected chi connectivity index (χ4v) is 4.98. The normalized spacial score (nSPS) is 13.1. The summed E-state index contributed by atoms with van der Waals surface area (Å²) in [7, 11) is -2.42. The average molecular weight is 487 g/mol. The molecule has 3 aromatic carbocycles. The van der Waals surface area contributed by atoms with Crippen molar-refractivity contribution in [2.75, 3.05) is 17.7 Å². The van der Waals surface area contributed by atoms with Gasteiger partial charge in [0.25, 0.3) is 0 Å². The molecule has 0 fully saturated rings. The first kappa shape index (κ1) is 24.6. The average Bonchev–Trinajstić information content (AvgIpc) is 2.78. The van der Waals surface area contributed by atoms with E-state index in [1.807, 2.05) is 61.5 Å². The van der Waals surface area contributed by atoms with Gasteiger partial charge in [0.1, 0.15) is 11.8 Å². The van der Waals surface area contributed by atoms with Crippen molar-refractivity contribution in [1.29, 1.82) is 0 Å². The summed E-state index contributed by atoms with van der Waals surface area (Å²) in [4.78, 5) is 13.4. The Morgan fingerprint density at radius 1 is 1.00 bits per heavy atom. The van der Waals surface area contributed by atoms with Crippen molar-refractivity contribution in [3.63, 3.8) is 0 Å². The number of amides is 1. The van der Waals surface area contributed by atoms with Gasteiger partial charge in [-0.3, -0.25) is 9.10 Å². The van der Waals surface area contributed by atoms with E-state index in [-0.39, 0.29) is 5.69 Å². The second-order valence-electron chi connectivity index (χ2n) is 7.81. The first-order valence-corrected chi connectivity index (χ1v) is 12.6. The van der Waals surface area contributed by atoms with Crippen LogP contribution in [0.25, 0.3) is 0 Å². The van der Waals surface area contributed by atoms with Crippen molar-refractivity contribution in [2.24, 2.45) is 0 Å². The molecule has 6 nitrogen and oxygen atoms in total. The Balaban J connectivity index is 2.00. The molecule has 2 atom stereocenters. The summed E-state index contributed by atoms with van der Waals surface area (Å²) in [6, 6.07) is 20.5. The molecule has 0 spiro atoms. The molecule has 0 saturated carbocycles. The van der Waals surface area contributed by atoms with Gasteiger partial charge in [-0.1, -0.05) is 71.8 Å². The first-order valence-electron chi connectivity index (χ1n) is 10.4. The molecule has 0 heterocycles. The van der Waals surface area contributed by atoms with E-state index < -0.39 is 28.0 Å². The van der Waals surface area contributed by atoms with Crippen LogP contribution in [-0.2, 0) is 14.8 Å². The molecule has 174 valence electrons. The lowest BCUT2D eigenvalue weighted by Gasteiger charge is -2.31. The lowest BCUT2D eigenvalue weighted by Crippen LogP contribution is -2.49. The number of hydrogen-bond donors (Lipinski definition) is 1. The highest BCUT2D eigenvalue weighted by Crippen LogP contribution is 2.34. The second kappa shape index (κ2) is 10.3. The molecule has 33 heavy (non-hydrogen) atoms. The van der Waals surface area contributed by atoms with E-state index in [0.29, 0.717) is 10.8 Å². The largest absolute Gasteiger partial charge is 0.495 e. The van der Waals surface area contributed by atoms with Gasteiger partial charge in [0.2, 0.25) is 15.9 Å². The minimum Gasteiger partial charge on any atom is -0.495 e. The van der Waals surface area contributed by atoms with Crippen LogP contribution in [0.5, 0.6) is 5.75 Å². The van der Waals surface area contributed by atoms with Gasteiger partial charge >= 0.3 is 0 Å². The van der Waals surface area contributed by atoms with Gasteiger partial charge in [-0.05, 0) is 43.2 Å². The van der Waals surface area contributed by atoms with Crippen molar-refractivity contribution in [3.05, 3.63) is 94.5 Å². The number of anilines is 1. The maximum Gasteiger partial charge on any atom is 0.244 e. The summed E-state index contributed by atoms with van der Waals surface area (Å²) in [5.74, 6) is -0.167. The summed E-state index contributed by atoms with van der Waals surface area (Å²) < 4.78 is 31.9. The van der Waals surface area contributed by atoms with Crippen LogP contribution in [0.15, 0.2) is 72.8 Å². The molecule has 0 aliphatic carbocycles. The molecule has 0 bridgehead atoms. The zero-order chi connectivity index (χ0) is 24.2. The molecule has 3 rings (SSSR count). The zero-order valence-electron chi connectivity index (χ0n) is 18.9. The minimum absolute atomic E-state index is 0.196. The van der Waals surface area contributed by atoms with Crippen LogP contribution in [-0.4, -0.2) is 33.7 Å². The molecule has 0 aliphatic heterocycles. The molecule has 0 saturated heterocycles. The topological polar surface area (TPSA) is 75.7 Å². The van der Waals surface area contributed by atoms with Crippen LogP contribution in [0.2, 0.25) is 5.02 Å². The van der Waals surface area contributed by atoms with E-state index in [4.69, 9.17) is 16.3 Å². The highest BCUT2D eigenvalue weighted by molar-refractivity contribution is 7.92. The Hall–Kier alpha value is -3.03. The van der Waals surface area contributed by atoms with E-state index in [9.17, 15) is 13.2 Å². The number of benzene rings is 3. The van der Waals surface area contributed by atoms with Gasteiger partial charge < -0.3 is 10.1 Å². The number of nitrogens with one attached hydrogen (secondary N) is 1. The monoisotopic (exact) mass is 486 g/mol. The summed E-state index contributed by atoms with van der Waals surface area (Å²) in [6.45, 7) is 3.53. The molecule has 3 aromatic rings. The second-order valence-corrected chi connectivity index (χ2v) is 10.1. The van der Waals surface area contributed by atoms with Crippen LogP contribution in [0.1, 0.15) is 29.7 Å². The maximum atomic E-state index is 13.4. The third-order valence-electron chi connectivity index (χ3n) is 5.30. The third-order valence-corrected chi connectivity index (χ3v) is 6.76. The Labute approximate surface area is 200 Å². The number of carbonyl (C=O) groups excluding carboxylic acids is 1. The lowest BCUT2D eigenvalue weighted by molar-refractivity contribution is -0.122. The first-order chi connectivity index (χ1) is 15.6. The fraction of sp³-hybridized carbons (Fsp3) is 0.240. The van der Waals surface area contributed by atoms with Crippen molar-refractivity contribution in [1.82, 2.24) is 5.32 Å². The van der Waals surface area contributed by atoms with Crippen LogP contribution in [0, 0.1) is 6.92 Å². The van der Waals surface area contributed by atoms with Crippen LogP contribution < -0.4 is 14.4 Å². The summed E-state index contributed by atoms with van der Waals surface area (Å²) in [6.07, 6.45) is 1.05. The molecule has 0 aliphatic rings. The van der Waals surface area contributed by atoms with Crippen LogP contribution >= 0.6 is 11.6 Å². The maximum absolute atomic E-state index is 13.4. The number of ether oxygens (including phenoxy) is 1. The Morgan fingerprint density at radius 2 is 1.61 bits per heavy atom. The highest BCUT2D eigenvalue weighted by atomic mass is 35.5. The Morgan fingerprint density at radius 3 is 2.18 bits per heavy atom. The van der Waals surface area contributed by atoms with Crippen LogP contribution in [0.4, 0.5) is 5.69 Å². The quantitative estimate of drug-likeness (QED) is 0.500. The summed E-state index contributed by atoms with van der Waals surface area (Å²) >= 11 is 6.13. The number of halogens is 1. The number of rotatable bonds is 8. The van der Waals surface area contributed by atoms with Crippen molar-refractivity contribution < 1.29 is 17.9 Å². The number of sulfonamides is 1. The Bertz CT molecular complexity index is 1210. The molecular formula is C25H27ClN2O4S. The van der Waals surface area contributed by atoms with Crippen molar-refractivity contribution in [3.8, 4) is 5.75 Å². The molecule has 1 amide bonds. The smallest absolute Gasteiger partial charge is 0.244 e. The van der Waals surface area contributed by atoms with E-state index >= 15 is 0 Å². The Kier molecular flexibility index (Phi) is 7.66. The predicted octanol–water partition coefficient (Wildman–Crippen LogP) is 4.72. The molecule has 1 N–H and O–H groups in total. The number of nitrogens with zero attached hydrogens (tertiary/aromatic N) is 1. The molecule has 8 heteroatoms. The van der Waals surface area contributed by atoms with Gasteiger partial charge in [-0.15, -0.1) is 0 Å². The van der Waals surface area contributed by atoms with E-state index in [1.165, 1.54) is 20.1 Å². The number of methoxy groups -OCH3 is 1. The van der Waals surface area contributed by atoms with Gasteiger partial charge in [0.05, 0.1) is 25.1 Å². The molecular weight excluding hydrogens is 460 g/mol. The van der Waals surface area contributed by atoms with E-state index in [0.717, 1.165) is 27.3 Å². The minimum atomic E-state index is -3.85. The summed E-state index contributed by atoms with van der Waals surface area (Å²) in [5.41, 5.74) is 3.06. The standard InChI is InChI=1S/C25H27ClN2O4S/c1-17-10-12-20(13-11-17)24(19-8-6-5-7-9-19)27-25(29)18(2)28(33(4,30)31)22-16-21(26)14-15-23(22)32-3/h5-16,18,24H,1-4H3,(H,27,29)/t18-,24-/m1/s1. The lowest BCUT2D eigenvalue weighted by atomic mass is 9.97. The SMILES string of the molecule is COc1ccc(Cl)cc1N([C@H](C)C(=O)N[C@H](c1ccccc1)c1ccc(C)cc1)S(C)(=O)=O. The highest BCUT2D eigenvalue weighted by Gasteiger charge is 2.33. The molecule has 0 aromatic heterocycles. The predicted molar refractivity (Wildman–Crippen MR) is 132 cm³/mol. The number of hydrogen-bond acceptors (Lipinski definition) is 4. The van der Waals surface area contributed by atoms with E-state index in [2.05, 4.69) is 5.32 Å². The number of aryl methyl sites for hydroxylation is 1. The summed E-state index contributed by atoms with van der Waals surface area (Å²) in [5, 5.41) is 3.35. The van der Waals surface area contributed by atoms with Gasteiger partial charge in [0, 0.05) is 5.02 Å². The van der Waals surface area contributed by atoms with Crippen LogP contribution in [0.3, 0.4) is 0 Å². The van der Waals surface area contributed by atoms with E-state index in [1.54, 1.807) is 12.1 Å². The third kappa shape index (κ3) is 5.86. The van der Waals surface area contributed by atoms with Gasteiger partial charge in [-0.2, -0.15) is 0 Å². The molecule has 0 radical (unpaired) electrons. The fourth-order valence-electron chi connectivity index (χ4n) is 3.64. The van der Waals surface area contributed by atoms with Gasteiger partial charge in [0.15, 0.2) is 0 Å². The zero-order valence-corrected chi connectivity index (χ0v) is 20.5. The van der Waals surface area contributed by atoms with Crippen molar-refractivity contribution in [2.45, 2.75) is 25.9 Å². The molecule has 0 unspecified atom stereocenters. The number of carbonyl (C=O) groups is 1. The van der Waals surface area contributed by atoms with Crippen molar-refractivity contribution >= 4 is 33.2 Å². The van der Waals surface area contributed by atoms with Gasteiger partial charge in [-0.25, -0.2) is 8.42 Å².